The molecule has 0 bridgehead atoms. The molecule has 0 saturated carbocycles. The number of carbonyl (C=O) groups is 2. The molecule has 0 radical (unpaired) electrons. The highest BCUT2D eigenvalue weighted by atomic mass is 16.5. The third kappa shape index (κ3) is 3.10. The summed E-state index contributed by atoms with van der Waals surface area (Å²) in [5.41, 5.74) is -0.310. The first kappa shape index (κ1) is 15.6. The number of carbonyl (C=O) groups excluding carboxylic acids is 2. The Morgan fingerprint density at radius 2 is 2.00 bits per heavy atom. The minimum absolute atomic E-state index is 0.165. The second-order valence-electron chi connectivity index (χ2n) is 5.62. The van der Waals surface area contributed by atoms with Crippen molar-refractivity contribution in [3.8, 4) is 0 Å². The topological polar surface area (TPSA) is 72.4 Å². The van der Waals surface area contributed by atoms with E-state index >= 15 is 0 Å². The Labute approximate surface area is 124 Å². The van der Waals surface area contributed by atoms with Gasteiger partial charge in [0.1, 0.15) is 11.2 Å². The summed E-state index contributed by atoms with van der Waals surface area (Å²) in [5, 5.41) is 5.58. The lowest BCUT2D eigenvalue weighted by atomic mass is 9.88. The molecule has 1 aromatic rings. The molecule has 1 fully saturated rings. The van der Waals surface area contributed by atoms with Crippen LogP contribution in [0.25, 0.3) is 0 Å². The van der Waals surface area contributed by atoms with E-state index in [0.29, 0.717) is 31.7 Å². The van der Waals surface area contributed by atoms with Gasteiger partial charge in [0.2, 0.25) is 5.91 Å². The Kier molecular flexibility index (Phi) is 4.67. The predicted molar refractivity (Wildman–Crippen MR) is 79.1 cm³/mol. The normalized spacial score (nSPS) is 17.5. The molecule has 116 valence electrons. The zero-order valence-corrected chi connectivity index (χ0v) is 12.8. The van der Waals surface area contributed by atoms with Crippen molar-refractivity contribution in [3.05, 3.63) is 24.0 Å². The van der Waals surface area contributed by atoms with Crippen LogP contribution < -0.4 is 10.6 Å². The molecule has 1 aliphatic heterocycles. The van der Waals surface area contributed by atoms with Crippen molar-refractivity contribution in [1.82, 2.24) is 15.2 Å². The molecule has 2 amide bonds. The Morgan fingerprint density at radius 3 is 2.57 bits per heavy atom. The monoisotopic (exact) mass is 293 g/mol. The molecule has 1 saturated heterocycles. The van der Waals surface area contributed by atoms with Gasteiger partial charge in [-0.15, -0.1) is 0 Å². The van der Waals surface area contributed by atoms with Crippen molar-refractivity contribution in [2.24, 2.45) is 0 Å². The molecular weight excluding hydrogens is 270 g/mol. The average Bonchev–Trinajstić information content (AvgIpc) is 2.97. The first-order chi connectivity index (χ1) is 10.00. The van der Waals surface area contributed by atoms with Gasteiger partial charge < -0.3 is 19.9 Å². The Morgan fingerprint density at radius 1 is 1.33 bits per heavy atom. The molecule has 0 atom stereocenters. The minimum Gasteiger partial charge on any atom is -0.381 e. The van der Waals surface area contributed by atoms with E-state index in [2.05, 4.69) is 10.6 Å². The van der Waals surface area contributed by atoms with Crippen molar-refractivity contribution in [1.29, 1.82) is 0 Å². The lowest BCUT2D eigenvalue weighted by Crippen LogP contribution is -2.60. The summed E-state index contributed by atoms with van der Waals surface area (Å²) in [6, 6.07) is 3.80. The van der Waals surface area contributed by atoms with Crippen LogP contribution in [0, 0.1) is 0 Å². The van der Waals surface area contributed by atoms with Crippen LogP contribution in [0.3, 0.4) is 0 Å². The summed E-state index contributed by atoms with van der Waals surface area (Å²) >= 11 is 0. The largest absolute Gasteiger partial charge is 0.381 e. The van der Waals surface area contributed by atoms with Crippen LogP contribution in [-0.4, -0.2) is 42.2 Å². The van der Waals surface area contributed by atoms with Crippen LogP contribution in [0.2, 0.25) is 0 Å². The summed E-state index contributed by atoms with van der Waals surface area (Å²) < 4.78 is 7.21. The fourth-order valence-corrected chi connectivity index (χ4v) is 2.69. The fraction of sp³-hybridized carbons (Fsp3) is 0.600. The summed E-state index contributed by atoms with van der Waals surface area (Å²) in [4.78, 5) is 24.8. The van der Waals surface area contributed by atoms with E-state index in [1.54, 1.807) is 13.1 Å². The number of rotatable bonds is 4. The van der Waals surface area contributed by atoms with Crippen LogP contribution in [0.4, 0.5) is 0 Å². The summed E-state index contributed by atoms with van der Waals surface area (Å²) in [6.07, 6.45) is 2.84. The van der Waals surface area contributed by atoms with Crippen LogP contribution in [0.1, 0.15) is 43.2 Å². The molecule has 2 N–H and O–H groups in total. The summed E-state index contributed by atoms with van der Waals surface area (Å²) in [5.74, 6) is -0.388. The Bertz CT molecular complexity index is 516. The van der Waals surface area contributed by atoms with E-state index in [1.165, 1.54) is 0 Å². The molecule has 21 heavy (non-hydrogen) atoms. The fourth-order valence-electron chi connectivity index (χ4n) is 2.69. The van der Waals surface area contributed by atoms with Gasteiger partial charge in [-0.05, 0) is 26.0 Å². The number of nitrogens with zero attached hydrogens (tertiary/aromatic N) is 1. The van der Waals surface area contributed by atoms with E-state index < -0.39 is 5.54 Å². The molecule has 0 spiro atoms. The number of hydrogen-bond acceptors (Lipinski definition) is 3. The van der Waals surface area contributed by atoms with Crippen LogP contribution in [0.5, 0.6) is 0 Å². The van der Waals surface area contributed by atoms with Crippen LogP contribution >= 0.6 is 0 Å². The van der Waals surface area contributed by atoms with E-state index in [9.17, 15) is 9.59 Å². The van der Waals surface area contributed by atoms with E-state index in [-0.39, 0.29) is 17.9 Å². The first-order valence-electron chi connectivity index (χ1n) is 7.29. The van der Waals surface area contributed by atoms with Gasteiger partial charge >= 0.3 is 0 Å². The van der Waals surface area contributed by atoms with Crippen LogP contribution in [0.15, 0.2) is 18.3 Å². The van der Waals surface area contributed by atoms with Crippen molar-refractivity contribution in [3.63, 3.8) is 0 Å². The van der Waals surface area contributed by atoms with Gasteiger partial charge in [-0.25, -0.2) is 0 Å². The number of ether oxygens (including phenoxy) is 1. The predicted octanol–water partition coefficient (Wildman–Crippen LogP) is 1.09. The highest BCUT2D eigenvalue weighted by Gasteiger charge is 2.41. The molecule has 0 aliphatic carbocycles. The third-order valence-electron chi connectivity index (χ3n) is 3.93. The maximum absolute atomic E-state index is 12.6. The summed E-state index contributed by atoms with van der Waals surface area (Å²) in [6.45, 7) is 4.97. The molecule has 2 rings (SSSR count). The Hall–Kier alpha value is -1.82. The van der Waals surface area contributed by atoms with Crippen molar-refractivity contribution in [2.45, 2.75) is 38.3 Å². The number of hydrogen-bond donors (Lipinski definition) is 2. The van der Waals surface area contributed by atoms with Gasteiger partial charge in [0.25, 0.3) is 5.91 Å². The Balaban J connectivity index is 2.22. The van der Waals surface area contributed by atoms with E-state index in [0.717, 1.165) is 0 Å². The molecule has 0 unspecified atom stereocenters. The second kappa shape index (κ2) is 6.30. The second-order valence-corrected chi connectivity index (χ2v) is 5.62. The van der Waals surface area contributed by atoms with Gasteiger partial charge in [0.05, 0.1) is 0 Å². The number of likely N-dealkylation sites (N-methyl/N-ethyl adjacent to an activating group) is 1. The number of nitrogens with one attached hydrogen (secondary N) is 2. The highest BCUT2D eigenvalue weighted by molar-refractivity contribution is 5.98. The quantitative estimate of drug-likeness (QED) is 0.873. The first-order valence-corrected chi connectivity index (χ1v) is 7.29. The van der Waals surface area contributed by atoms with E-state index in [1.807, 2.05) is 30.7 Å². The van der Waals surface area contributed by atoms with Gasteiger partial charge in [-0.1, -0.05) is 0 Å². The van der Waals surface area contributed by atoms with Gasteiger partial charge in [-0.3, -0.25) is 9.59 Å². The highest BCUT2D eigenvalue weighted by Crippen LogP contribution is 2.22. The minimum atomic E-state index is -0.879. The molecule has 1 aromatic heterocycles. The van der Waals surface area contributed by atoms with Gasteiger partial charge in [0.15, 0.2) is 0 Å². The summed E-state index contributed by atoms with van der Waals surface area (Å²) in [7, 11) is 1.59. The SMILES string of the molecule is CNC(=O)C1(NC(=O)c2cccn2C(C)C)CCOCC1. The van der Waals surface area contributed by atoms with Crippen molar-refractivity contribution in [2.75, 3.05) is 20.3 Å². The molecule has 6 nitrogen and oxygen atoms in total. The zero-order valence-electron chi connectivity index (χ0n) is 12.8. The standard InChI is InChI=1S/C15H23N3O3/c1-11(2)18-8-4-5-12(18)13(19)17-15(14(20)16-3)6-9-21-10-7-15/h4-5,8,11H,6-7,9-10H2,1-3H3,(H,16,20)(H,17,19). The number of aromatic nitrogens is 1. The molecular formula is C15H23N3O3. The molecule has 1 aliphatic rings. The van der Waals surface area contributed by atoms with Crippen molar-refractivity contribution < 1.29 is 14.3 Å². The van der Waals surface area contributed by atoms with Gasteiger partial charge in [-0.2, -0.15) is 0 Å². The molecule has 6 heteroatoms. The van der Waals surface area contributed by atoms with Crippen LogP contribution in [-0.2, 0) is 9.53 Å². The lowest BCUT2D eigenvalue weighted by Gasteiger charge is -2.36. The average molecular weight is 293 g/mol. The molecule has 0 aromatic carbocycles. The van der Waals surface area contributed by atoms with E-state index in [4.69, 9.17) is 4.74 Å². The van der Waals surface area contributed by atoms with Crippen molar-refractivity contribution >= 4 is 11.8 Å². The zero-order chi connectivity index (χ0) is 15.5. The van der Waals surface area contributed by atoms with Gasteiger partial charge in [0, 0.05) is 45.3 Å². The number of amides is 2. The smallest absolute Gasteiger partial charge is 0.268 e. The maximum Gasteiger partial charge on any atom is 0.268 e. The maximum atomic E-state index is 12.6. The molecule has 2 heterocycles. The third-order valence-corrected chi connectivity index (χ3v) is 3.93. The lowest BCUT2D eigenvalue weighted by molar-refractivity contribution is -0.130.